The first kappa shape index (κ1) is 34.5. The Morgan fingerprint density at radius 1 is 0.902 bits per heavy atom. The van der Waals surface area contributed by atoms with Crippen molar-refractivity contribution in [3.05, 3.63) is 113 Å². The summed E-state index contributed by atoms with van der Waals surface area (Å²) in [4.78, 5) is 32.3. The van der Waals surface area contributed by atoms with E-state index in [4.69, 9.17) is 14.2 Å². The van der Waals surface area contributed by atoms with Crippen LogP contribution in [-0.2, 0) is 44.6 Å². The van der Waals surface area contributed by atoms with Crippen LogP contribution in [0, 0.1) is 0 Å². The molecule has 12 heteroatoms. The van der Waals surface area contributed by atoms with Crippen LogP contribution in [0.25, 0.3) is 0 Å². The Kier molecular flexibility index (Phi) is 9.01. The quantitative estimate of drug-likeness (QED) is 0.220. The maximum atomic E-state index is 15.8. The molecule has 0 aromatic heterocycles. The van der Waals surface area contributed by atoms with Gasteiger partial charge in [-0.2, -0.15) is 0 Å². The molecule has 2 amide bonds. The number of nitrogens with zero attached hydrogens (tertiary/aromatic N) is 3. The summed E-state index contributed by atoms with van der Waals surface area (Å²) in [7, 11) is 1.28. The molecule has 4 aromatic carbocycles. The van der Waals surface area contributed by atoms with Gasteiger partial charge in [0.1, 0.15) is 34.9 Å². The second-order valence-corrected chi connectivity index (χ2v) is 15.1. The molecule has 0 saturated carbocycles. The van der Waals surface area contributed by atoms with Crippen LogP contribution in [0.5, 0.6) is 17.2 Å². The minimum atomic E-state index is -4.68. The van der Waals surface area contributed by atoms with E-state index in [1.807, 2.05) is 36.4 Å². The minimum absolute atomic E-state index is 0.0142. The van der Waals surface area contributed by atoms with Crippen LogP contribution in [0.4, 0.5) is 10.1 Å². The van der Waals surface area contributed by atoms with Crippen molar-refractivity contribution in [2.24, 2.45) is 0 Å². The van der Waals surface area contributed by atoms with Gasteiger partial charge in [-0.1, -0.05) is 54.6 Å². The maximum Gasteiger partial charge on any atom is 0.274 e. The van der Waals surface area contributed by atoms with Crippen molar-refractivity contribution in [3.8, 4) is 17.2 Å². The molecule has 1 saturated heterocycles. The molecule has 0 radical (unpaired) electrons. The van der Waals surface area contributed by atoms with Gasteiger partial charge in [0.2, 0.25) is 5.91 Å². The fourth-order valence-corrected chi connectivity index (χ4v) is 9.37. The monoisotopic (exact) mass is 713 g/mol. The Hall–Kier alpha value is -4.94. The van der Waals surface area contributed by atoms with Crippen molar-refractivity contribution in [1.82, 2.24) is 9.80 Å². The zero-order chi connectivity index (χ0) is 36.1. The van der Waals surface area contributed by atoms with E-state index >= 15 is 9.18 Å². The van der Waals surface area contributed by atoms with E-state index < -0.39 is 39.6 Å². The lowest BCUT2D eigenvalue weighted by Crippen LogP contribution is -2.59. The number of sulfonamides is 1. The number of carbonyl (C=O) groups is 2. The number of methoxy groups -OCH3 is 2. The highest BCUT2D eigenvalue weighted by Gasteiger charge is 2.64. The molecule has 51 heavy (non-hydrogen) atoms. The van der Waals surface area contributed by atoms with E-state index in [9.17, 15) is 13.2 Å². The first-order valence-electron chi connectivity index (χ1n) is 16.9. The molecule has 3 atom stereocenters. The van der Waals surface area contributed by atoms with Crippen LogP contribution < -0.4 is 18.5 Å². The number of anilines is 1. The highest BCUT2D eigenvalue weighted by molar-refractivity contribution is 7.93. The van der Waals surface area contributed by atoms with Crippen molar-refractivity contribution in [2.45, 2.75) is 54.9 Å². The molecule has 4 aromatic rings. The normalized spacial score (nSPS) is 21.4. The first-order chi connectivity index (χ1) is 24.5. The Morgan fingerprint density at radius 3 is 2.31 bits per heavy atom. The largest absolute Gasteiger partial charge is 0.497 e. The fraction of sp³-hybridized carbons (Fsp3) is 0.333. The number of carbonyl (C=O) groups excluding carboxylic acids is 2. The lowest BCUT2D eigenvalue weighted by Gasteiger charge is -2.42. The molecule has 0 N–H and O–H groups in total. The summed E-state index contributed by atoms with van der Waals surface area (Å²) in [5, 5.41) is 0. The third kappa shape index (κ3) is 5.61. The summed E-state index contributed by atoms with van der Waals surface area (Å²) >= 11 is 0. The summed E-state index contributed by atoms with van der Waals surface area (Å²) in [5.41, 5.74) is 1.62. The number of likely N-dealkylation sites (tertiary alicyclic amines) is 1. The van der Waals surface area contributed by atoms with Crippen LogP contribution in [0.3, 0.4) is 0 Å². The van der Waals surface area contributed by atoms with Gasteiger partial charge in [-0.3, -0.25) is 14.5 Å². The highest BCUT2D eigenvalue weighted by Crippen LogP contribution is 2.56. The number of amides is 2. The van der Waals surface area contributed by atoms with E-state index in [0.717, 1.165) is 33.8 Å². The Bertz CT molecular complexity index is 2110. The fourth-order valence-electron chi connectivity index (χ4n) is 7.77. The van der Waals surface area contributed by atoms with E-state index in [1.165, 1.54) is 37.3 Å². The lowest BCUT2D eigenvalue weighted by atomic mass is 9.80. The van der Waals surface area contributed by atoms with E-state index in [2.05, 4.69) is 0 Å². The number of halogens is 1. The van der Waals surface area contributed by atoms with Crippen LogP contribution >= 0.6 is 0 Å². The molecule has 1 aliphatic carbocycles. The van der Waals surface area contributed by atoms with Crippen LogP contribution in [-0.4, -0.2) is 77.1 Å². The topological polar surface area (TPSA) is 106 Å². The van der Waals surface area contributed by atoms with Crippen molar-refractivity contribution >= 4 is 27.5 Å². The Balaban J connectivity index is 1.52. The van der Waals surface area contributed by atoms with Crippen molar-refractivity contribution in [1.29, 1.82) is 0 Å². The molecule has 1 fully saturated rings. The smallest absolute Gasteiger partial charge is 0.274 e. The number of fused-ring (bicyclic) bond motifs is 2. The SMILES string of the molecule is COc1ccc(S(=O)(=O)N2C(=O)C(c3ccccc3OCc3ccccc3)(N3C[C@H](F)C[C@H]3C(=O)N(C)C)c3cc4c(cc32)CCC4)c(OC)c1. The predicted molar refractivity (Wildman–Crippen MR) is 189 cm³/mol. The number of likely N-dealkylation sites (N-methyl/N-ethyl adjacent to an activating group) is 1. The number of ether oxygens (including phenoxy) is 3. The predicted octanol–water partition coefficient (Wildman–Crippen LogP) is 5.25. The third-order valence-corrected chi connectivity index (χ3v) is 11.9. The number of para-hydroxylation sites is 1. The molecule has 7 rings (SSSR count). The van der Waals surface area contributed by atoms with E-state index in [-0.39, 0.29) is 35.9 Å². The number of hydrogen-bond acceptors (Lipinski definition) is 8. The van der Waals surface area contributed by atoms with Crippen LogP contribution in [0.1, 0.15) is 40.7 Å². The summed E-state index contributed by atoms with van der Waals surface area (Å²) in [6.45, 7) is -0.144. The third-order valence-electron chi connectivity index (χ3n) is 10.1. The number of benzene rings is 4. The highest BCUT2D eigenvalue weighted by atomic mass is 32.2. The summed E-state index contributed by atoms with van der Waals surface area (Å²) in [6, 6.07) is 23.3. The van der Waals surface area contributed by atoms with Crippen molar-refractivity contribution < 1.29 is 36.6 Å². The van der Waals surface area contributed by atoms with Gasteiger partial charge in [0.25, 0.3) is 15.9 Å². The molecule has 1 unspecified atom stereocenters. The van der Waals surface area contributed by atoms with Crippen LogP contribution in [0.2, 0.25) is 0 Å². The molecule has 2 aliphatic heterocycles. The van der Waals surface area contributed by atoms with Gasteiger partial charge in [0.15, 0.2) is 5.54 Å². The summed E-state index contributed by atoms with van der Waals surface area (Å²) < 4.78 is 63.9. The van der Waals surface area contributed by atoms with Crippen molar-refractivity contribution in [3.63, 3.8) is 0 Å². The van der Waals surface area contributed by atoms with Gasteiger partial charge in [-0.25, -0.2) is 17.1 Å². The number of rotatable bonds is 10. The summed E-state index contributed by atoms with van der Waals surface area (Å²) in [6.07, 6.45) is 0.652. The molecule has 0 spiro atoms. The summed E-state index contributed by atoms with van der Waals surface area (Å²) in [5.74, 6) is -0.599. The Morgan fingerprint density at radius 2 is 1.61 bits per heavy atom. The van der Waals surface area contributed by atoms with Gasteiger partial charge in [-0.15, -0.1) is 0 Å². The average molecular weight is 714 g/mol. The number of alkyl halides is 1. The second kappa shape index (κ2) is 13.3. The van der Waals surface area contributed by atoms with E-state index in [0.29, 0.717) is 29.0 Å². The van der Waals surface area contributed by atoms with Gasteiger partial charge >= 0.3 is 0 Å². The van der Waals surface area contributed by atoms with E-state index in [1.54, 1.807) is 49.3 Å². The average Bonchev–Trinajstić information content (AvgIpc) is 3.83. The number of aryl methyl sites for hydroxylation is 2. The molecule has 2 heterocycles. The van der Waals surface area contributed by atoms with Crippen molar-refractivity contribution in [2.75, 3.05) is 39.2 Å². The van der Waals surface area contributed by atoms with Crippen LogP contribution in [0.15, 0.2) is 89.8 Å². The van der Waals surface area contributed by atoms with Gasteiger partial charge < -0.3 is 19.1 Å². The standard InChI is InChI=1S/C39H40FN3O7S/c1-41(2)37(44)33-21-28(40)23-42(33)39(30-15-8-9-16-34(30)50-24-25-11-6-5-7-12-25)31-19-26-13-10-14-27(26)20-32(31)43(38(39)45)51(46,47)36-18-17-29(48-3)22-35(36)49-4/h5-9,11-12,15-20,22,28,33H,10,13-14,21,23-24H2,1-4H3/t28-,33+,39?/m1/s1. The molecule has 0 bridgehead atoms. The van der Waals surface area contributed by atoms with Gasteiger partial charge in [0, 0.05) is 44.3 Å². The second-order valence-electron chi connectivity index (χ2n) is 13.3. The zero-order valence-electron chi connectivity index (χ0n) is 29.0. The molecular weight excluding hydrogens is 674 g/mol. The minimum Gasteiger partial charge on any atom is -0.497 e. The lowest BCUT2D eigenvalue weighted by molar-refractivity contribution is -0.138. The molecule has 266 valence electrons. The molecular formula is C39H40FN3O7S. The zero-order valence-corrected chi connectivity index (χ0v) is 29.8. The first-order valence-corrected chi connectivity index (χ1v) is 18.3. The van der Waals surface area contributed by atoms with Gasteiger partial charge in [-0.05, 0) is 60.2 Å². The molecule has 3 aliphatic rings. The maximum absolute atomic E-state index is 15.8. The number of hydrogen-bond donors (Lipinski definition) is 0. The Labute approximate surface area is 297 Å². The molecule has 10 nitrogen and oxygen atoms in total. The van der Waals surface area contributed by atoms with Gasteiger partial charge in [0.05, 0.1) is 25.9 Å².